The van der Waals surface area contributed by atoms with Gasteiger partial charge in [0.15, 0.2) is 0 Å². The second-order valence-electron chi connectivity index (χ2n) is 4.94. The molecule has 1 heterocycles. The van der Waals surface area contributed by atoms with Gasteiger partial charge >= 0.3 is 0 Å². The van der Waals surface area contributed by atoms with E-state index in [4.69, 9.17) is 4.52 Å². The predicted molar refractivity (Wildman–Crippen MR) is 95.8 cm³/mol. The average Bonchev–Trinajstić information content (AvgIpc) is 3.03. The summed E-state index contributed by atoms with van der Waals surface area (Å²) in [6.45, 7) is 0. The van der Waals surface area contributed by atoms with Gasteiger partial charge in [-0.1, -0.05) is 41.6 Å². The summed E-state index contributed by atoms with van der Waals surface area (Å²) in [5, 5.41) is 6.80. The molecule has 0 aliphatic rings. The highest BCUT2D eigenvalue weighted by atomic mass is 127. The second-order valence-corrected chi connectivity index (χ2v) is 6.18. The molecule has 116 valence electrons. The third-order valence-electron chi connectivity index (χ3n) is 3.17. The number of carbonyl (C=O) groups is 1. The molecule has 1 aromatic heterocycles. The summed E-state index contributed by atoms with van der Waals surface area (Å²) in [5.41, 5.74) is 1.68. The maximum absolute atomic E-state index is 12.0. The van der Waals surface area contributed by atoms with Gasteiger partial charge < -0.3 is 9.84 Å². The van der Waals surface area contributed by atoms with Crippen molar-refractivity contribution in [2.45, 2.75) is 12.8 Å². The van der Waals surface area contributed by atoms with E-state index in [1.165, 1.54) is 0 Å². The van der Waals surface area contributed by atoms with Gasteiger partial charge in [0, 0.05) is 27.7 Å². The van der Waals surface area contributed by atoms with E-state index >= 15 is 0 Å². The molecular weight excluding hydrogens is 405 g/mol. The van der Waals surface area contributed by atoms with Gasteiger partial charge in [-0.05, 0) is 40.8 Å². The molecule has 2 aromatic carbocycles. The van der Waals surface area contributed by atoms with Gasteiger partial charge in [0.25, 0.3) is 0 Å². The number of aryl methyl sites for hydroxylation is 1. The number of nitrogens with zero attached hydrogens (tertiary/aromatic N) is 2. The average molecular weight is 419 g/mol. The van der Waals surface area contributed by atoms with Crippen molar-refractivity contribution in [1.82, 2.24) is 10.1 Å². The SMILES string of the molecule is O=C(CCc1nc(-c2ccccc2)no1)Nc1cccc(I)c1. The van der Waals surface area contributed by atoms with Gasteiger partial charge in [-0.25, -0.2) is 0 Å². The Labute approximate surface area is 147 Å². The van der Waals surface area contributed by atoms with E-state index < -0.39 is 0 Å². The number of anilines is 1. The number of carbonyl (C=O) groups excluding carboxylic acids is 1. The number of hydrogen-bond donors (Lipinski definition) is 1. The third kappa shape index (κ3) is 4.38. The molecule has 0 spiro atoms. The van der Waals surface area contributed by atoms with Crippen molar-refractivity contribution >= 4 is 34.2 Å². The molecule has 0 saturated heterocycles. The number of nitrogens with one attached hydrogen (secondary N) is 1. The molecule has 23 heavy (non-hydrogen) atoms. The van der Waals surface area contributed by atoms with E-state index in [0.29, 0.717) is 24.6 Å². The fourth-order valence-electron chi connectivity index (χ4n) is 2.07. The Morgan fingerprint density at radius 2 is 1.96 bits per heavy atom. The first kappa shape index (κ1) is 15.7. The summed E-state index contributed by atoms with van der Waals surface area (Å²) in [6, 6.07) is 17.2. The van der Waals surface area contributed by atoms with Crippen LogP contribution in [0.15, 0.2) is 59.1 Å². The fraction of sp³-hybridized carbons (Fsp3) is 0.118. The Kier molecular flexibility index (Phi) is 5.02. The van der Waals surface area contributed by atoms with E-state index in [0.717, 1.165) is 14.8 Å². The lowest BCUT2D eigenvalue weighted by Gasteiger charge is -2.04. The first-order valence-corrected chi connectivity index (χ1v) is 8.22. The minimum Gasteiger partial charge on any atom is -0.339 e. The summed E-state index contributed by atoms with van der Waals surface area (Å²) in [6.07, 6.45) is 0.706. The maximum Gasteiger partial charge on any atom is 0.227 e. The van der Waals surface area contributed by atoms with Gasteiger partial charge in [0.2, 0.25) is 17.6 Å². The van der Waals surface area contributed by atoms with Crippen LogP contribution in [-0.2, 0) is 11.2 Å². The molecule has 5 nitrogen and oxygen atoms in total. The Bertz CT molecular complexity index is 802. The van der Waals surface area contributed by atoms with Crippen LogP contribution in [0, 0.1) is 3.57 Å². The van der Waals surface area contributed by atoms with Crippen molar-refractivity contribution < 1.29 is 9.32 Å². The van der Waals surface area contributed by atoms with E-state index in [1.807, 2.05) is 54.6 Å². The summed E-state index contributed by atoms with van der Waals surface area (Å²) in [7, 11) is 0. The summed E-state index contributed by atoms with van der Waals surface area (Å²) in [5.74, 6) is 0.923. The van der Waals surface area contributed by atoms with Crippen LogP contribution >= 0.6 is 22.6 Å². The molecule has 3 rings (SSSR count). The molecule has 0 bridgehead atoms. The summed E-state index contributed by atoms with van der Waals surface area (Å²) in [4.78, 5) is 16.3. The van der Waals surface area contributed by atoms with Crippen LogP contribution < -0.4 is 5.32 Å². The number of aromatic nitrogens is 2. The van der Waals surface area contributed by atoms with E-state index in [9.17, 15) is 4.79 Å². The number of hydrogen-bond acceptors (Lipinski definition) is 4. The van der Waals surface area contributed by atoms with Gasteiger partial charge in [-0.2, -0.15) is 4.98 Å². The highest BCUT2D eigenvalue weighted by Crippen LogP contribution is 2.16. The smallest absolute Gasteiger partial charge is 0.227 e. The standard InChI is InChI=1S/C17H14IN3O2/c18-13-7-4-8-14(11-13)19-15(22)9-10-16-20-17(21-23-16)12-5-2-1-3-6-12/h1-8,11H,9-10H2,(H,19,22). The first-order chi connectivity index (χ1) is 11.2. The number of amides is 1. The number of halogens is 1. The zero-order chi connectivity index (χ0) is 16.1. The topological polar surface area (TPSA) is 68.0 Å². The van der Waals surface area contributed by atoms with Crippen molar-refractivity contribution in [3.8, 4) is 11.4 Å². The monoisotopic (exact) mass is 419 g/mol. The quantitative estimate of drug-likeness (QED) is 0.637. The molecule has 1 N–H and O–H groups in total. The highest BCUT2D eigenvalue weighted by molar-refractivity contribution is 14.1. The van der Waals surface area contributed by atoms with Crippen LogP contribution in [0.3, 0.4) is 0 Å². The maximum atomic E-state index is 12.0. The van der Waals surface area contributed by atoms with E-state index in [-0.39, 0.29) is 5.91 Å². The summed E-state index contributed by atoms with van der Waals surface area (Å²) >= 11 is 2.21. The second kappa shape index (κ2) is 7.36. The van der Waals surface area contributed by atoms with Crippen molar-refractivity contribution in [3.63, 3.8) is 0 Å². The molecule has 0 aliphatic heterocycles. The molecule has 0 fully saturated rings. The largest absolute Gasteiger partial charge is 0.339 e. The lowest BCUT2D eigenvalue weighted by molar-refractivity contribution is -0.116. The number of rotatable bonds is 5. The Morgan fingerprint density at radius 1 is 1.13 bits per heavy atom. The zero-order valence-corrected chi connectivity index (χ0v) is 14.4. The Balaban J connectivity index is 1.56. The minimum atomic E-state index is -0.0774. The van der Waals surface area contributed by atoms with Crippen LogP contribution in [0.4, 0.5) is 5.69 Å². The molecule has 1 amide bonds. The Hall–Kier alpha value is -2.22. The molecule has 3 aromatic rings. The van der Waals surface area contributed by atoms with Gasteiger partial charge in [-0.3, -0.25) is 4.79 Å². The lowest BCUT2D eigenvalue weighted by atomic mass is 10.2. The van der Waals surface area contributed by atoms with Gasteiger partial charge in [0.05, 0.1) is 0 Å². The molecule has 6 heteroatoms. The summed E-state index contributed by atoms with van der Waals surface area (Å²) < 4.78 is 6.27. The minimum absolute atomic E-state index is 0.0774. The molecule has 0 unspecified atom stereocenters. The Morgan fingerprint density at radius 3 is 2.74 bits per heavy atom. The van der Waals surface area contributed by atoms with Gasteiger partial charge in [0.1, 0.15) is 0 Å². The zero-order valence-electron chi connectivity index (χ0n) is 12.2. The van der Waals surface area contributed by atoms with E-state index in [1.54, 1.807) is 0 Å². The number of benzene rings is 2. The van der Waals surface area contributed by atoms with Crippen molar-refractivity contribution in [1.29, 1.82) is 0 Å². The van der Waals surface area contributed by atoms with Crippen LogP contribution in [-0.4, -0.2) is 16.0 Å². The molecule has 0 atom stereocenters. The van der Waals surface area contributed by atoms with Crippen molar-refractivity contribution in [2.24, 2.45) is 0 Å². The van der Waals surface area contributed by atoms with E-state index in [2.05, 4.69) is 38.0 Å². The lowest BCUT2D eigenvalue weighted by Crippen LogP contribution is -2.12. The van der Waals surface area contributed by atoms with Crippen molar-refractivity contribution in [3.05, 3.63) is 64.1 Å². The molecular formula is C17H14IN3O2. The molecule has 0 saturated carbocycles. The molecule has 0 aliphatic carbocycles. The normalized spacial score (nSPS) is 10.5. The highest BCUT2D eigenvalue weighted by Gasteiger charge is 2.10. The van der Waals surface area contributed by atoms with Crippen molar-refractivity contribution in [2.75, 3.05) is 5.32 Å². The van der Waals surface area contributed by atoms with Crippen LogP contribution in [0.2, 0.25) is 0 Å². The van der Waals surface area contributed by atoms with Crippen LogP contribution in [0.25, 0.3) is 11.4 Å². The van der Waals surface area contributed by atoms with Gasteiger partial charge in [-0.15, -0.1) is 0 Å². The van der Waals surface area contributed by atoms with Crippen LogP contribution in [0.1, 0.15) is 12.3 Å². The predicted octanol–water partition coefficient (Wildman–Crippen LogP) is 3.91. The third-order valence-corrected chi connectivity index (χ3v) is 3.85. The first-order valence-electron chi connectivity index (χ1n) is 7.14. The molecule has 0 radical (unpaired) electrons. The van der Waals surface area contributed by atoms with Crippen LogP contribution in [0.5, 0.6) is 0 Å². The fourth-order valence-corrected chi connectivity index (χ4v) is 2.61.